The number of methoxy groups -OCH3 is 1. The van der Waals surface area contributed by atoms with E-state index in [1.165, 1.54) is 0 Å². The Labute approximate surface area is 213 Å². The molecule has 180 valence electrons. The van der Waals surface area contributed by atoms with E-state index in [-0.39, 0.29) is 12.5 Å². The molecular formula is C28H23ClN4O3. The number of allylic oxidation sites excluding steroid dienone is 1. The second-order valence-corrected chi connectivity index (χ2v) is 8.81. The van der Waals surface area contributed by atoms with Crippen LogP contribution in [0.15, 0.2) is 78.2 Å². The van der Waals surface area contributed by atoms with Crippen molar-refractivity contribution in [1.29, 1.82) is 5.26 Å². The number of halogens is 1. The average molecular weight is 499 g/mol. The number of aromatic amines is 1. The lowest BCUT2D eigenvalue weighted by Crippen LogP contribution is -2.21. The Bertz CT molecular complexity index is 1500. The van der Waals surface area contributed by atoms with Crippen LogP contribution in [0.1, 0.15) is 28.2 Å². The number of nitriles is 1. The minimum atomic E-state index is -0.501. The van der Waals surface area contributed by atoms with Gasteiger partial charge in [-0.3, -0.25) is 5.10 Å². The number of nitrogens with one attached hydrogen (secondary N) is 1. The van der Waals surface area contributed by atoms with Crippen molar-refractivity contribution < 1.29 is 14.2 Å². The first-order valence-corrected chi connectivity index (χ1v) is 11.6. The van der Waals surface area contributed by atoms with Crippen LogP contribution in [0, 0.1) is 18.3 Å². The van der Waals surface area contributed by atoms with Crippen LogP contribution in [0.5, 0.6) is 17.4 Å². The molecule has 3 N–H and O–H groups in total. The molecule has 5 rings (SSSR count). The van der Waals surface area contributed by atoms with Crippen molar-refractivity contribution in [2.24, 2.45) is 5.73 Å². The maximum Gasteiger partial charge on any atom is 0.244 e. The molecular weight excluding hydrogens is 476 g/mol. The zero-order valence-electron chi connectivity index (χ0n) is 19.7. The van der Waals surface area contributed by atoms with Crippen molar-refractivity contribution in [2.45, 2.75) is 19.4 Å². The molecule has 0 saturated heterocycles. The normalized spacial score (nSPS) is 14.6. The molecule has 1 aliphatic rings. The summed E-state index contributed by atoms with van der Waals surface area (Å²) in [5, 5.41) is 18.0. The third-order valence-corrected chi connectivity index (χ3v) is 6.45. The van der Waals surface area contributed by atoms with Crippen LogP contribution in [0.25, 0.3) is 11.3 Å². The van der Waals surface area contributed by atoms with Crippen LogP contribution in [0.2, 0.25) is 5.02 Å². The van der Waals surface area contributed by atoms with Gasteiger partial charge in [0.2, 0.25) is 11.8 Å². The van der Waals surface area contributed by atoms with Gasteiger partial charge in [0.25, 0.3) is 0 Å². The van der Waals surface area contributed by atoms with E-state index in [1.54, 1.807) is 19.2 Å². The van der Waals surface area contributed by atoms with Crippen molar-refractivity contribution in [3.05, 3.63) is 105 Å². The number of H-pyrrole nitrogens is 1. The van der Waals surface area contributed by atoms with E-state index in [4.69, 9.17) is 31.5 Å². The second-order valence-electron chi connectivity index (χ2n) is 8.40. The Kier molecular flexibility index (Phi) is 6.28. The number of fused-ring (bicyclic) bond motifs is 1. The molecule has 8 heteroatoms. The summed E-state index contributed by atoms with van der Waals surface area (Å²) in [6, 6.07) is 23.3. The van der Waals surface area contributed by atoms with E-state index in [0.717, 1.165) is 33.5 Å². The van der Waals surface area contributed by atoms with Crippen molar-refractivity contribution in [2.75, 3.05) is 7.11 Å². The number of para-hydroxylation sites is 1. The third kappa shape index (κ3) is 4.23. The van der Waals surface area contributed by atoms with Gasteiger partial charge in [0.05, 0.1) is 29.3 Å². The quantitative estimate of drug-likeness (QED) is 0.345. The van der Waals surface area contributed by atoms with Gasteiger partial charge in [-0.1, -0.05) is 59.6 Å². The molecule has 4 aromatic rings. The number of hydrogen-bond acceptors (Lipinski definition) is 6. The molecule has 2 heterocycles. The third-order valence-electron chi connectivity index (χ3n) is 6.14. The van der Waals surface area contributed by atoms with Gasteiger partial charge in [0.1, 0.15) is 29.7 Å². The highest BCUT2D eigenvalue weighted by molar-refractivity contribution is 6.32. The minimum Gasteiger partial charge on any atom is -0.496 e. The SMILES string of the molecule is COc1ccc(C2C(C#N)=C(N)Oc3n[nH]c(-c4ccc(C)cc4)c32)cc1COc1ccccc1Cl. The lowest BCUT2D eigenvalue weighted by molar-refractivity contribution is 0.296. The van der Waals surface area contributed by atoms with Gasteiger partial charge in [-0.2, -0.15) is 5.26 Å². The van der Waals surface area contributed by atoms with Gasteiger partial charge in [0, 0.05) is 11.1 Å². The summed E-state index contributed by atoms with van der Waals surface area (Å²) in [6.07, 6.45) is 0. The van der Waals surface area contributed by atoms with Crippen LogP contribution < -0.4 is 19.9 Å². The first-order chi connectivity index (χ1) is 17.5. The monoisotopic (exact) mass is 498 g/mol. The van der Waals surface area contributed by atoms with Crippen LogP contribution in [0.3, 0.4) is 0 Å². The number of nitrogens with zero attached hydrogens (tertiary/aromatic N) is 2. The van der Waals surface area contributed by atoms with Crippen LogP contribution in [-0.2, 0) is 6.61 Å². The molecule has 0 radical (unpaired) electrons. The molecule has 1 atom stereocenters. The molecule has 0 amide bonds. The van der Waals surface area contributed by atoms with E-state index in [2.05, 4.69) is 16.3 Å². The first-order valence-electron chi connectivity index (χ1n) is 11.3. The maximum absolute atomic E-state index is 10.0. The number of rotatable bonds is 6. The molecule has 3 aromatic carbocycles. The summed E-state index contributed by atoms with van der Waals surface area (Å²) in [7, 11) is 1.60. The zero-order valence-corrected chi connectivity index (χ0v) is 20.5. The highest BCUT2D eigenvalue weighted by atomic mass is 35.5. The molecule has 36 heavy (non-hydrogen) atoms. The van der Waals surface area contributed by atoms with E-state index >= 15 is 0 Å². The number of hydrogen-bond donors (Lipinski definition) is 2. The number of ether oxygens (including phenoxy) is 3. The Hall–Kier alpha value is -4.41. The van der Waals surface area contributed by atoms with Gasteiger partial charge < -0.3 is 19.9 Å². The Morgan fingerprint density at radius 3 is 2.61 bits per heavy atom. The van der Waals surface area contributed by atoms with E-state index < -0.39 is 5.92 Å². The largest absolute Gasteiger partial charge is 0.496 e. The van der Waals surface area contributed by atoms with Crippen LogP contribution >= 0.6 is 11.6 Å². The minimum absolute atomic E-state index is 0.0293. The highest BCUT2D eigenvalue weighted by Crippen LogP contribution is 2.46. The smallest absolute Gasteiger partial charge is 0.244 e. The van der Waals surface area contributed by atoms with Crippen LogP contribution in [0.4, 0.5) is 0 Å². The summed E-state index contributed by atoms with van der Waals surface area (Å²) in [6.45, 7) is 2.24. The summed E-state index contributed by atoms with van der Waals surface area (Å²) in [5.74, 6) is 1.09. The topological polar surface area (TPSA) is 106 Å². The Balaban J connectivity index is 1.60. The Morgan fingerprint density at radius 1 is 1.11 bits per heavy atom. The molecule has 1 aromatic heterocycles. The molecule has 0 aliphatic carbocycles. The molecule has 1 aliphatic heterocycles. The van der Waals surface area contributed by atoms with Crippen molar-refractivity contribution in [3.63, 3.8) is 0 Å². The standard InChI is InChI=1S/C28H23ClN4O3/c1-16-7-9-17(10-8-16)26-25-24(20(14-30)27(31)36-28(25)33-32-26)18-11-12-22(34-2)19(13-18)15-35-23-6-4-3-5-21(23)29/h3-13,24H,15,31H2,1-2H3,(H,32,33). The molecule has 1 unspecified atom stereocenters. The summed E-state index contributed by atoms with van der Waals surface area (Å²) < 4.78 is 17.3. The molecule has 0 spiro atoms. The number of aromatic nitrogens is 2. The predicted octanol–water partition coefficient (Wildman–Crippen LogP) is 5.84. The second kappa shape index (κ2) is 9.68. The number of benzene rings is 3. The van der Waals surface area contributed by atoms with Crippen molar-refractivity contribution in [1.82, 2.24) is 10.2 Å². The van der Waals surface area contributed by atoms with Gasteiger partial charge in [0.15, 0.2) is 0 Å². The van der Waals surface area contributed by atoms with Crippen molar-refractivity contribution >= 4 is 11.6 Å². The molecule has 0 bridgehead atoms. The summed E-state index contributed by atoms with van der Waals surface area (Å²) in [5.41, 5.74) is 11.7. The fourth-order valence-electron chi connectivity index (χ4n) is 4.33. The highest BCUT2D eigenvalue weighted by Gasteiger charge is 2.36. The van der Waals surface area contributed by atoms with E-state index in [0.29, 0.717) is 28.0 Å². The predicted molar refractivity (Wildman–Crippen MR) is 137 cm³/mol. The van der Waals surface area contributed by atoms with Gasteiger partial charge in [-0.05, 0) is 36.8 Å². The zero-order chi connectivity index (χ0) is 25.2. The Morgan fingerprint density at radius 2 is 1.89 bits per heavy atom. The lowest BCUT2D eigenvalue weighted by Gasteiger charge is -2.25. The van der Waals surface area contributed by atoms with Crippen LogP contribution in [-0.4, -0.2) is 17.3 Å². The average Bonchev–Trinajstić information content (AvgIpc) is 3.31. The van der Waals surface area contributed by atoms with Gasteiger partial charge in [-0.15, -0.1) is 5.10 Å². The number of aryl methyl sites for hydroxylation is 1. The van der Waals surface area contributed by atoms with Crippen molar-refractivity contribution in [3.8, 4) is 34.7 Å². The lowest BCUT2D eigenvalue weighted by atomic mass is 9.82. The number of nitrogens with two attached hydrogens (primary N) is 1. The maximum atomic E-state index is 10.0. The summed E-state index contributed by atoms with van der Waals surface area (Å²) >= 11 is 6.26. The van der Waals surface area contributed by atoms with E-state index in [9.17, 15) is 5.26 Å². The van der Waals surface area contributed by atoms with Gasteiger partial charge >= 0.3 is 0 Å². The fraction of sp³-hybridized carbons (Fsp3) is 0.143. The molecule has 0 saturated carbocycles. The van der Waals surface area contributed by atoms with Gasteiger partial charge in [-0.25, -0.2) is 0 Å². The molecule has 7 nitrogen and oxygen atoms in total. The summed E-state index contributed by atoms with van der Waals surface area (Å²) in [4.78, 5) is 0. The first kappa shape index (κ1) is 23.3. The van der Waals surface area contributed by atoms with E-state index in [1.807, 2.05) is 61.5 Å². The molecule has 0 fully saturated rings. The fourth-order valence-corrected chi connectivity index (χ4v) is 4.52.